The van der Waals surface area contributed by atoms with E-state index in [4.69, 9.17) is 14.2 Å². The molecule has 0 radical (unpaired) electrons. The van der Waals surface area contributed by atoms with Gasteiger partial charge in [0.05, 0.1) is 13.2 Å². The highest BCUT2D eigenvalue weighted by molar-refractivity contribution is 5.71. The van der Waals surface area contributed by atoms with Gasteiger partial charge in [-0.25, -0.2) is 4.79 Å². The number of benzene rings is 1. The predicted octanol–water partition coefficient (Wildman–Crippen LogP) is 2.66. The SMILES string of the molecule is CCCc1cc2c(c(F)c1OCC(=O)OCC)OCC2. The molecule has 0 fully saturated rings. The van der Waals surface area contributed by atoms with Gasteiger partial charge >= 0.3 is 5.97 Å². The van der Waals surface area contributed by atoms with Crippen molar-refractivity contribution in [3.8, 4) is 11.5 Å². The van der Waals surface area contributed by atoms with E-state index in [0.717, 1.165) is 17.5 Å². The molecule has 110 valence electrons. The van der Waals surface area contributed by atoms with E-state index in [9.17, 15) is 9.18 Å². The van der Waals surface area contributed by atoms with Crippen LogP contribution < -0.4 is 9.47 Å². The van der Waals surface area contributed by atoms with Gasteiger partial charge in [0.25, 0.3) is 0 Å². The molecule has 0 aliphatic carbocycles. The van der Waals surface area contributed by atoms with Crippen LogP contribution in [-0.4, -0.2) is 25.8 Å². The molecule has 0 spiro atoms. The number of ether oxygens (including phenoxy) is 3. The van der Waals surface area contributed by atoms with E-state index in [0.29, 0.717) is 19.4 Å². The number of hydrogen-bond acceptors (Lipinski definition) is 4. The Hall–Kier alpha value is -1.78. The van der Waals surface area contributed by atoms with Gasteiger partial charge in [0.15, 0.2) is 18.1 Å². The number of carbonyl (C=O) groups excluding carboxylic acids is 1. The number of halogens is 1. The highest BCUT2D eigenvalue weighted by Gasteiger charge is 2.24. The fourth-order valence-corrected chi connectivity index (χ4v) is 2.28. The van der Waals surface area contributed by atoms with Gasteiger partial charge in [-0.1, -0.05) is 13.3 Å². The second kappa shape index (κ2) is 6.59. The van der Waals surface area contributed by atoms with E-state index in [1.807, 2.05) is 13.0 Å². The van der Waals surface area contributed by atoms with Crippen molar-refractivity contribution >= 4 is 5.97 Å². The lowest BCUT2D eigenvalue weighted by Gasteiger charge is -2.14. The molecule has 0 aromatic heterocycles. The van der Waals surface area contributed by atoms with Crippen molar-refractivity contribution in [1.82, 2.24) is 0 Å². The Bertz CT molecular complexity index is 499. The van der Waals surface area contributed by atoms with Gasteiger partial charge in [0.2, 0.25) is 5.82 Å². The lowest BCUT2D eigenvalue weighted by molar-refractivity contribution is -0.145. The second-order valence-corrected chi connectivity index (χ2v) is 4.61. The quantitative estimate of drug-likeness (QED) is 0.752. The van der Waals surface area contributed by atoms with Crippen molar-refractivity contribution in [1.29, 1.82) is 0 Å². The molecule has 1 heterocycles. The lowest BCUT2D eigenvalue weighted by Crippen LogP contribution is -2.16. The Kier molecular flexibility index (Phi) is 4.82. The number of rotatable bonds is 6. The smallest absolute Gasteiger partial charge is 0.344 e. The molecule has 1 aromatic rings. The zero-order valence-corrected chi connectivity index (χ0v) is 11.8. The zero-order chi connectivity index (χ0) is 14.5. The summed E-state index contributed by atoms with van der Waals surface area (Å²) in [6.45, 7) is 4.19. The molecule has 0 bridgehead atoms. The fourth-order valence-electron chi connectivity index (χ4n) is 2.28. The van der Waals surface area contributed by atoms with Crippen LogP contribution in [0.2, 0.25) is 0 Å². The van der Waals surface area contributed by atoms with Crippen LogP contribution in [-0.2, 0) is 22.4 Å². The first-order valence-electron chi connectivity index (χ1n) is 6.92. The van der Waals surface area contributed by atoms with Crippen molar-refractivity contribution in [3.63, 3.8) is 0 Å². The van der Waals surface area contributed by atoms with Crippen LogP contribution >= 0.6 is 0 Å². The third-order valence-corrected chi connectivity index (χ3v) is 3.11. The molecule has 1 aliphatic rings. The standard InChI is InChI=1S/C15H19FO4/c1-3-5-10-8-11-6-7-19-14(11)13(16)15(10)20-9-12(17)18-4-2/h8H,3-7,9H2,1-2H3. The average molecular weight is 282 g/mol. The Morgan fingerprint density at radius 3 is 2.95 bits per heavy atom. The Morgan fingerprint density at radius 2 is 2.25 bits per heavy atom. The number of aryl methyl sites for hydroxylation is 1. The first-order valence-corrected chi connectivity index (χ1v) is 6.92. The van der Waals surface area contributed by atoms with E-state index in [1.54, 1.807) is 6.92 Å². The molecule has 2 rings (SSSR count). The molecule has 5 heteroatoms. The molecule has 0 N–H and O–H groups in total. The number of esters is 1. The first-order chi connectivity index (χ1) is 9.67. The summed E-state index contributed by atoms with van der Waals surface area (Å²) in [5.74, 6) is -0.646. The maximum atomic E-state index is 14.4. The van der Waals surface area contributed by atoms with E-state index in [2.05, 4.69) is 0 Å². The minimum atomic E-state index is -0.507. The van der Waals surface area contributed by atoms with Gasteiger partial charge in [-0.05, 0) is 25.0 Å². The van der Waals surface area contributed by atoms with Crippen molar-refractivity contribution in [2.24, 2.45) is 0 Å². The van der Waals surface area contributed by atoms with Crippen molar-refractivity contribution < 1.29 is 23.4 Å². The summed E-state index contributed by atoms with van der Waals surface area (Å²) in [5.41, 5.74) is 1.65. The number of carbonyl (C=O) groups is 1. The highest BCUT2D eigenvalue weighted by atomic mass is 19.1. The molecule has 0 unspecified atom stereocenters. The van der Waals surface area contributed by atoms with Crippen molar-refractivity contribution in [2.45, 2.75) is 33.1 Å². The molecule has 4 nitrogen and oxygen atoms in total. The van der Waals surface area contributed by atoms with Gasteiger partial charge in [-0.3, -0.25) is 0 Å². The molecule has 0 saturated carbocycles. The van der Waals surface area contributed by atoms with E-state index in [-0.39, 0.29) is 24.7 Å². The molecule has 20 heavy (non-hydrogen) atoms. The van der Waals surface area contributed by atoms with Gasteiger partial charge in [0, 0.05) is 12.0 Å². The highest BCUT2D eigenvalue weighted by Crippen LogP contribution is 2.38. The van der Waals surface area contributed by atoms with Gasteiger partial charge in [0.1, 0.15) is 0 Å². The van der Waals surface area contributed by atoms with Gasteiger partial charge < -0.3 is 14.2 Å². The van der Waals surface area contributed by atoms with Crippen LogP contribution in [0.1, 0.15) is 31.4 Å². The van der Waals surface area contributed by atoms with Crippen LogP contribution in [0.4, 0.5) is 4.39 Å². The lowest BCUT2D eigenvalue weighted by atomic mass is 10.0. The predicted molar refractivity (Wildman–Crippen MR) is 71.7 cm³/mol. The molecular weight excluding hydrogens is 263 g/mol. The summed E-state index contributed by atoms with van der Waals surface area (Å²) in [6.07, 6.45) is 2.28. The molecule has 0 atom stereocenters. The maximum Gasteiger partial charge on any atom is 0.344 e. The van der Waals surface area contributed by atoms with E-state index in [1.165, 1.54) is 0 Å². The molecule has 1 aliphatic heterocycles. The largest absolute Gasteiger partial charge is 0.490 e. The zero-order valence-electron chi connectivity index (χ0n) is 11.8. The van der Waals surface area contributed by atoms with Crippen LogP contribution in [0.5, 0.6) is 11.5 Å². The maximum absolute atomic E-state index is 14.4. The fraction of sp³-hybridized carbons (Fsp3) is 0.533. The number of fused-ring (bicyclic) bond motifs is 1. The number of hydrogen-bond donors (Lipinski definition) is 0. The van der Waals surface area contributed by atoms with Crippen LogP contribution in [0.25, 0.3) is 0 Å². The first kappa shape index (κ1) is 14.6. The minimum absolute atomic E-state index is 0.112. The second-order valence-electron chi connectivity index (χ2n) is 4.61. The minimum Gasteiger partial charge on any atom is -0.490 e. The monoisotopic (exact) mass is 282 g/mol. The van der Waals surface area contributed by atoms with Crippen molar-refractivity contribution in [2.75, 3.05) is 19.8 Å². The third-order valence-electron chi connectivity index (χ3n) is 3.11. The topological polar surface area (TPSA) is 44.8 Å². The van der Waals surface area contributed by atoms with Crippen LogP contribution in [0, 0.1) is 5.82 Å². The Morgan fingerprint density at radius 1 is 1.45 bits per heavy atom. The van der Waals surface area contributed by atoms with E-state index < -0.39 is 11.8 Å². The van der Waals surface area contributed by atoms with Crippen molar-refractivity contribution in [3.05, 3.63) is 23.0 Å². The summed E-state index contributed by atoms with van der Waals surface area (Å²) < 4.78 is 29.8. The Balaban J connectivity index is 2.23. The Labute approximate surface area is 117 Å². The summed E-state index contributed by atoms with van der Waals surface area (Å²) in [7, 11) is 0. The summed E-state index contributed by atoms with van der Waals surface area (Å²) in [6, 6.07) is 1.91. The summed E-state index contributed by atoms with van der Waals surface area (Å²) in [4.78, 5) is 11.3. The van der Waals surface area contributed by atoms with Crippen LogP contribution in [0.3, 0.4) is 0 Å². The third kappa shape index (κ3) is 3.03. The molecule has 0 amide bonds. The summed E-state index contributed by atoms with van der Waals surface area (Å²) >= 11 is 0. The molecule has 0 saturated heterocycles. The van der Waals surface area contributed by atoms with Gasteiger partial charge in [-0.2, -0.15) is 4.39 Å². The normalized spacial score (nSPS) is 12.8. The van der Waals surface area contributed by atoms with E-state index >= 15 is 0 Å². The van der Waals surface area contributed by atoms with Crippen LogP contribution in [0.15, 0.2) is 6.07 Å². The summed E-state index contributed by atoms with van der Waals surface area (Å²) in [5, 5.41) is 0. The molecular formula is C15H19FO4. The van der Waals surface area contributed by atoms with Gasteiger partial charge in [-0.15, -0.1) is 0 Å². The molecule has 1 aromatic carbocycles. The average Bonchev–Trinajstić information content (AvgIpc) is 2.87.